The molecule has 0 spiro atoms. The predicted octanol–water partition coefficient (Wildman–Crippen LogP) is 1.35. The molecular weight excluding hydrogens is 303 g/mol. The summed E-state index contributed by atoms with van der Waals surface area (Å²) in [6.07, 6.45) is 4.04. The minimum absolute atomic E-state index is 0. The van der Waals surface area contributed by atoms with Gasteiger partial charge in [-0.05, 0) is 33.6 Å². The molecular formula is C20H31LiN2Si. The van der Waals surface area contributed by atoms with Crippen LogP contribution in [0.15, 0.2) is 30.3 Å². The molecule has 4 heteroatoms. The first-order chi connectivity index (χ1) is 10.8. The molecule has 1 heterocycles. The zero-order valence-electron chi connectivity index (χ0n) is 16.4. The third-order valence-corrected chi connectivity index (χ3v) is 7.97. The number of nitrogens with zero attached hydrogens (tertiary/aromatic N) is 1. The maximum atomic E-state index is 3.94. The van der Waals surface area contributed by atoms with E-state index in [9.17, 15) is 0 Å². The topological polar surface area (TPSA) is 15.3 Å². The Hall–Kier alpha value is -0.596. The molecule has 1 aliphatic rings. The maximum Gasteiger partial charge on any atom is 1.00 e. The predicted molar refractivity (Wildman–Crippen MR) is 106 cm³/mol. The van der Waals surface area contributed by atoms with Crippen molar-refractivity contribution >= 4 is 29.9 Å². The van der Waals surface area contributed by atoms with Gasteiger partial charge in [-0.2, -0.15) is 0 Å². The minimum atomic E-state index is -1.70. The first-order valence-corrected chi connectivity index (χ1v) is 12.0. The van der Waals surface area contributed by atoms with Gasteiger partial charge < -0.3 is 9.88 Å². The van der Waals surface area contributed by atoms with Crippen molar-refractivity contribution in [1.29, 1.82) is 0 Å². The quantitative estimate of drug-likeness (QED) is 0.673. The molecule has 0 unspecified atom stereocenters. The van der Waals surface area contributed by atoms with Gasteiger partial charge in [0.2, 0.25) is 0 Å². The Morgan fingerprint density at radius 1 is 1.04 bits per heavy atom. The van der Waals surface area contributed by atoms with Gasteiger partial charge in [0.1, 0.15) is 8.24 Å². The Bertz CT molecular complexity index is 678. The van der Waals surface area contributed by atoms with E-state index in [4.69, 9.17) is 0 Å². The van der Waals surface area contributed by atoms with Crippen LogP contribution in [0.2, 0.25) is 13.1 Å². The van der Waals surface area contributed by atoms with Crippen molar-refractivity contribution in [3.8, 4) is 0 Å². The molecule has 126 valence electrons. The molecule has 1 saturated heterocycles. The monoisotopic (exact) mass is 334 g/mol. The second kappa shape index (κ2) is 7.34. The van der Waals surface area contributed by atoms with Gasteiger partial charge in [0.15, 0.2) is 0 Å². The molecule has 0 radical (unpaired) electrons. The standard InChI is InChI=1S/C20H31N2Si.Li/c1-20(2,3)21-23(4,5)19-15-18(22-13-9-6-10-14-22)16-11-7-8-12-17(16)19;/h7-8,11-12,15,21H,6,9-10,13-14H2,1-5H3;/q-1;+1. The molecule has 0 aliphatic carbocycles. The fraction of sp³-hybridized carbons (Fsp3) is 0.550. The normalized spacial score (nSPS) is 16.3. The molecule has 0 amide bonds. The summed E-state index contributed by atoms with van der Waals surface area (Å²) in [6.45, 7) is 14.1. The van der Waals surface area contributed by atoms with E-state index in [1.165, 1.54) is 48.8 Å². The van der Waals surface area contributed by atoms with E-state index in [1.54, 1.807) is 5.19 Å². The van der Waals surface area contributed by atoms with Crippen molar-refractivity contribution in [3.05, 3.63) is 30.3 Å². The largest absolute Gasteiger partial charge is 1.00 e. The molecule has 2 nitrogen and oxygen atoms in total. The molecule has 1 N–H and O–H groups in total. The second-order valence-corrected chi connectivity index (χ2v) is 12.6. The number of fused-ring (bicyclic) bond motifs is 1. The summed E-state index contributed by atoms with van der Waals surface area (Å²) < 4.78 is 0. The summed E-state index contributed by atoms with van der Waals surface area (Å²) >= 11 is 0. The van der Waals surface area contributed by atoms with Crippen LogP contribution in [0.3, 0.4) is 0 Å². The van der Waals surface area contributed by atoms with Crippen LogP contribution in [0.1, 0.15) is 40.0 Å². The molecule has 0 aromatic heterocycles. The number of benzene rings is 1. The third-order valence-electron chi connectivity index (χ3n) is 4.83. The number of rotatable bonds is 3. The number of nitrogens with one attached hydrogen (secondary N) is 1. The van der Waals surface area contributed by atoms with E-state index >= 15 is 0 Å². The fourth-order valence-corrected chi connectivity index (χ4v) is 7.55. The van der Waals surface area contributed by atoms with Crippen molar-refractivity contribution in [2.45, 2.75) is 58.7 Å². The van der Waals surface area contributed by atoms with E-state index in [2.05, 4.69) is 74.1 Å². The summed E-state index contributed by atoms with van der Waals surface area (Å²) in [5.74, 6) is 0. The smallest absolute Gasteiger partial charge is 0.417 e. The zero-order chi connectivity index (χ0) is 16.7. The van der Waals surface area contributed by atoms with Gasteiger partial charge in [-0.3, -0.25) is 0 Å². The summed E-state index contributed by atoms with van der Waals surface area (Å²) in [5.41, 5.74) is 1.62. The Balaban J connectivity index is 0.00000208. The number of hydrogen-bond donors (Lipinski definition) is 1. The molecule has 1 fully saturated rings. The SMILES string of the molecule is CC(C)(C)N[Si](C)(C)[c-]1cc(N2CCCCC2)c2ccccc21.[Li+]. The van der Waals surface area contributed by atoms with E-state index in [0.29, 0.717) is 0 Å². The Kier molecular flexibility index (Phi) is 6.03. The number of hydrogen-bond acceptors (Lipinski definition) is 2. The van der Waals surface area contributed by atoms with E-state index in [-0.39, 0.29) is 24.4 Å². The summed E-state index contributed by atoms with van der Waals surface area (Å²) in [5, 5.41) is 4.46. The van der Waals surface area contributed by atoms with Crippen LogP contribution in [-0.4, -0.2) is 26.9 Å². The van der Waals surface area contributed by atoms with Crippen molar-refractivity contribution in [2.24, 2.45) is 0 Å². The van der Waals surface area contributed by atoms with Crippen LogP contribution < -0.4 is 33.9 Å². The fourth-order valence-electron chi connectivity index (χ4n) is 4.15. The summed E-state index contributed by atoms with van der Waals surface area (Å²) in [6, 6.07) is 11.5. The van der Waals surface area contributed by atoms with Gasteiger partial charge in [-0.25, -0.2) is 0 Å². The van der Waals surface area contributed by atoms with E-state index in [0.717, 1.165) is 0 Å². The van der Waals surface area contributed by atoms with Gasteiger partial charge >= 0.3 is 18.9 Å². The van der Waals surface area contributed by atoms with Gasteiger partial charge in [0.05, 0.1) is 0 Å². The second-order valence-electron chi connectivity index (χ2n) is 8.54. The number of piperidine rings is 1. The van der Waals surface area contributed by atoms with Gasteiger partial charge in [0, 0.05) is 18.6 Å². The van der Waals surface area contributed by atoms with Crippen LogP contribution in [-0.2, 0) is 0 Å². The minimum Gasteiger partial charge on any atom is -0.417 e. The van der Waals surface area contributed by atoms with Crippen LogP contribution in [0.4, 0.5) is 5.69 Å². The molecule has 2 aromatic carbocycles. The maximum absolute atomic E-state index is 3.94. The van der Waals surface area contributed by atoms with Crippen LogP contribution in [0, 0.1) is 0 Å². The average Bonchev–Trinajstić information content (AvgIpc) is 2.86. The van der Waals surface area contributed by atoms with Crippen molar-refractivity contribution in [1.82, 2.24) is 4.98 Å². The van der Waals surface area contributed by atoms with E-state index < -0.39 is 8.24 Å². The van der Waals surface area contributed by atoms with Crippen LogP contribution in [0.5, 0.6) is 0 Å². The molecule has 0 bridgehead atoms. The van der Waals surface area contributed by atoms with Gasteiger partial charge in [-0.15, -0.1) is 40.2 Å². The van der Waals surface area contributed by atoms with Crippen LogP contribution >= 0.6 is 0 Å². The van der Waals surface area contributed by atoms with Crippen molar-refractivity contribution < 1.29 is 18.9 Å². The Morgan fingerprint density at radius 2 is 1.67 bits per heavy atom. The summed E-state index contributed by atoms with van der Waals surface area (Å²) in [4.78, 5) is 6.55. The average molecular weight is 335 g/mol. The first kappa shape index (κ1) is 19.7. The number of anilines is 1. The third kappa shape index (κ3) is 4.14. The zero-order valence-corrected chi connectivity index (χ0v) is 17.4. The van der Waals surface area contributed by atoms with Gasteiger partial charge in [-0.1, -0.05) is 31.3 Å². The van der Waals surface area contributed by atoms with Crippen molar-refractivity contribution in [3.63, 3.8) is 0 Å². The molecule has 2 aromatic rings. The molecule has 0 atom stereocenters. The van der Waals surface area contributed by atoms with Crippen molar-refractivity contribution in [2.75, 3.05) is 18.0 Å². The first-order valence-electron chi connectivity index (χ1n) is 9.01. The molecule has 0 saturated carbocycles. The van der Waals surface area contributed by atoms with Gasteiger partial charge in [0.25, 0.3) is 0 Å². The molecule has 1 aliphatic heterocycles. The Morgan fingerprint density at radius 3 is 2.29 bits per heavy atom. The summed E-state index contributed by atoms with van der Waals surface area (Å²) in [7, 11) is -1.70. The molecule has 24 heavy (non-hydrogen) atoms. The Labute approximate surface area is 160 Å². The molecule has 3 rings (SSSR count). The van der Waals surface area contributed by atoms with E-state index in [1.807, 2.05) is 0 Å². The van der Waals surface area contributed by atoms with Crippen LogP contribution in [0.25, 0.3) is 10.8 Å².